The fourth-order valence-corrected chi connectivity index (χ4v) is 5.43. The maximum Gasteiger partial charge on any atom is 0.260 e. The lowest BCUT2D eigenvalue weighted by Crippen LogP contribution is -2.36. The monoisotopic (exact) mass is 496 g/mol. The number of halogens is 1. The van der Waals surface area contributed by atoms with Crippen molar-refractivity contribution >= 4 is 76.4 Å². The molecule has 164 valence electrons. The van der Waals surface area contributed by atoms with E-state index < -0.39 is 9.84 Å². The average molecular weight is 497 g/mol. The highest BCUT2D eigenvalue weighted by atomic mass is 35.5. The van der Waals surface area contributed by atoms with Gasteiger partial charge < -0.3 is 4.90 Å². The molecule has 0 radical (unpaired) electrons. The molecule has 0 aliphatic carbocycles. The molecule has 2 aromatic heterocycles. The number of carbonyl (C=O) groups is 1. The van der Waals surface area contributed by atoms with Crippen molar-refractivity contribution in [3.63, 3.8) is 0 Å². The van der Waals surface area contributed by atoms with Crippen molar-refractivity contribution in [2.45, 2.75) is 4.90 Å². The fourth-order valence-electron chi connectivity index (χ4n) is 2.97. The number of hydrogen-bond acceptors (Lipinski definition) is 8. The van der Waals surface area contributed by atoms with Crippen molar-refractivity contribution in [2.75, 3.05) is 38.3 Å². The van der Waals surface area contributed by atoms with Gasteiger partial charge in [0.15, 0.2) is 15.0 Å². The summed E-state index contributed by atoms with van der Waals surface area (Å²) in [6, 6.07) is 10.3. The number of rotatable bonds is 6. The number of amides is 1. The highest BCUT2D eigenvalue weighted by Crippen LogP contribution is 2.32. The maximum atomic E-state index is 13.4. The number of thiazole rings is 2. The first-order chi connectivity index (χ1) is 14.2. The minimum atomic E-state index is -3.31. The first-order valence-electron chi connectivity index (χ1n) is 9.13. The Bertz CT molecular complexity index is 1350. The number of fused-ring (bicyclic) bond motifs is 2. The van der Waals surface area contributed by atoms with Gasteiger partial charge in [0, 0.05) is 24.9 Å². The topological polar surface area (TPSA) is 83.5 Å². The SMILES string of the molecule is CN(C)CCN(C(=O)c1ccc2ncsc2c1)c1nc2ccc(S(C)(=O)=O)cc2s1.Cl. The van der Waals surface area contributed by atoms with Crippen LogP contribution in [-0.2, 0) is 9.84 Å². The number of likely N-dealkylation sites (N-methyl/N-ethyl adjacent to an activating group) is 1. The Morgan fingerprint density at radius 1 is 1.03 bits per heavy atom. The highest BCUT2D eigenvalue weighted by molar-refractivity contribution is 7.90. The van der Waals surface area contributed by atoms with E-state index in [1.165, 1.54) is 28.9 Å². The summed E-state index contributed by atoms with van der Waals surface area (Å²) in [6.07, 6.45) is 1.18. The molecule has 0 fully saturated rings. The normalized spacial score (nSPS) is 11.7. The lowest BCUT2D eigenvalue weighted by molar-refractivity contribution is 0.0985. The van der Waals surface area contributed by atoms with Crippen molar-refractivity contribution in [3.8, 4) is 0 Å². The van der Waals surface area contributed by atoms with Gasteiger partial charge in [-0.25, -0.2) is 18.4 Å². The van der Waals surface area contributed by atoms with E-state index >= 15 is 0 Å². The summed E-state index contributed by atoms with van der Waals surface area (Å²) in [5.41, 5.74) is 3.87. The molecular formula is C20H21ClN4O3S3. The molecule has 4 aromatic rings. The molecule has 2 aromatic carbocycles. The summed E-state index contributed by atoms with van der Waals surface area (Å²) in [4.78, 5) is 26.2. The number of carbonyl (C=O) groups excluding carboxylic acids is 1. The second-order valence-corrected chi connectivity index (χ2v) is 11.1. The number of hydrogen-bond donors (Lipinski definition) is 0. The van der Waals surface area contributed by atoms with Gasteiger partial charge >= 0.3 is 0 Å². The van der Waals surface area contributed by atoms with E-state index in [1.807, 2.05) is 31.1 Å². The standard InChI is InChI=1S/C20H20N4O3S3.ClH/c1-23(2)8-9-24(19(25)13-4-6-15-17(10-13)28-12-21-15)20-22-16-7-5-14(30(3,26)27)11-18(16)29-20;/h4-7,10-12H,8-9H2,1-3H3;1H. The lowest BCUT2D eigenvalue weighted by Gasteiger charge is -2.22. The summed E-state index contributed by atoms with van der Waals surface area (Å²) < 4.78 is 25.5. The smallest absolute Gasteiger partial charge is 0.260 e. The number of sulfone groups is 1. The molecule has 0 saturated heterocycles. The van der Waals surface area contributed by atoms with Crippen LogP contribution in [0.5, 0.6) is 0 Å². The molecule has 2 heterocycles. The molecule has 4 rings (SSSR count). The zero-order valence-corrected chi connectivity index (χ0v) is 20.4. The van der Waals surface area contributed by atoms with Crippen molar-refractivity contribution in [2.24, 2.45) is 0 Å². The lowest BCUT2D eigenvalue weighted by atomic mass is 10.2. The van der Waals surface area contributed by atoms with Crippen molar-refractivity contribution in [3.05, 3.63) is 47.5 Å². The van der Waals surface area contributed by atoms with Crippen LogP contribution >= 0.6 is 35.1 Å². The predicted octanol–water partition coefficient (Wildman–Crippen LogP) is 3.94. The van der Waals surface area contributed by atoms with Crippen LogP contribution in [0, 0.1) is 0 Å². The molecule has 1 amide bonds. The Morgan fingerprint density at radius 3 is 2.48 bits per heavy atom. The van der Waals surface area contributed by atoms with E-state index in [0.29, 0.717) is 29.3 Å². The largest absolute Gasteiger partial charge is 0.308 e. The number of benzene rings is 2. The quantitative estimate of drug-likeness (QED) is 0.402. The van der Waals surface area contributed by atoms with Crippen LogP contribution in [0.3, 0.4) is 0 Å². The summed E-state index contributed by atoms with van der Waals surface area (Å²) in [5, 5.41) is 0.548. The van der Waals surface area contributed by atoms with Gasteiger partial charge in [0.25, 0.3) is 5.91 Å². The Balaban J connectivity index is 0.00000272. The summed E-state index contributed by atoms with van der Waals surface area (Å²) in [7, 11) is 0.580. The van der Waals surface area contributed by atoms with Gasteiger partial charge in [0.1, 0.15) is 0 Å². The molecular weight excluding hydrogens is 476 g/mol. The van der Waals surface area contributed by atoms with E-state index in [-0.39, 0.29) is 23.2 Å². The van der Waals surface area contributed by atoms with Gasteiger partial charge in [-0.2, -0.15) is 0 Å². The molecule has 0 N–H and O–H groups in total. The zero-order chi connectivity index (χ0) is 21.5. The van der Waals surface area contributed by atoms with Gasteiger partial charge in [0.2, 0.25) is 0 Å². The van der Waals surface area contributed by atoms with Crippen molar-refractivity contribution in [1.29, 1.82) is 0 Å². The van der Waals surface area contributed by atoms with E-state index in [4.69, 9.17) is 0 Å². The molecule has 7 nitrogen and oxygen atoms in total. The van der Waals surface area contributed by atoms with Gasteiger partial charge in [-0.1, -0.05) is 11.3 Å². The van der Waals surface area contributed by atoms with Gasteiger partial charge in [-0.15, -0.1) is 23.7 Å². The van der Waals surface area contributed by atoms with Crippen LogP contribution in [0.2, 0.25) is 0 Å². The van der Waals surface area contributed by atoms with E-state index in [2.05, 4.69) is 9.97 Å². The minimum Gasteiger partial charge on any atom is -0.308 e. The van der Waals surface area contributed by atoms with Crippen LogP contribution in [0.15, 0.2) is 46.8 Å². The van der Waals surface area contributed by atoms with Crippen LogP contribution in [0.1, 0.15) is 10.4 Å². The van der Waals surface area contributed by atoms with Crippen LogP contribution in [0.25, 0.3) is 20.4 Å². The number of anilines is 1. The average Bonchev–Trinajstić information content (AvgIpc) is 3.32. The minimum absolute atomic E-state index is 0. The molecule has 0 saturated carbocycles. The molecule has 0 atom stereocenters. The predicted molar refractivity (Wildman–Crippen MR) is 130 cm³/mol. The van der Waals surface area contributed by atoms with Crippen molar-refractivity contribution < 1.29 is 13.2 Å². The summed E-state index contributed by atoms with van der Waals surface area (Å²) in [6.45, 7) is 1.13. The summed E-state index contributed by atoms with van der Waals surface area (Å²) >= 11 is 2.81. The Morgan fingerprint density at radius 2 is 1.77 bits per heavy atom. The van der Waals surface area contributed by atoms with Gasteiger partial charge in [0.05, 0.1) is 30.8 Å². The number of aromatic nitrogens is 2. The summed E-state index contributed by atoms with van der Waals surface area (Å²) in [5.74, 6) is -0.144. The van der Waals surface area contributed by atoms with Crippen LogP contribution in [0.4, 0.5) is 5.13 Å². The number of nitrogens with zero attached hydrogens (tertiary/aromatic N) is 4. The third-order valence-corrected chi connectivity index (χ3v) is 7.54. The maximum absolute atomic E-state index is 13.4. The molecule has 0 aliphatic rings. The molecule has 31 heavy (non-hydrogen) atoms. The molecule has 11 heteroatoms. The Hall–Kier alpha value is -2.11. The third-order valence-electron chi connectivity index (χ3n) is 4.60. The van der Waals surface area contributed by atoms with Gasteiger partial charge in [-0.3, -0.25) is 9.69 Å². The molecule has 0 bridgehead atoms. The highest BCUT2D eigenvalue weighted by Gasteiger charge is 2.22. The Kier molecular flexibility index (Phi) is 6.97. The molecule has 0 unspecified atom stereocenters. The Labute approximate surface area is 194 Å². The second-order valence-electron chi connectivity index (χ2n) is 7.19. The second kappa shape index (κ2) is 9.17. The zero-order valence-electron chi connectivity index (χ0n) is 17.1. The van der Waals surface area contributed by atoms with Crippen LogP contribution < -0.4 is 4.90 Å². The fraction of sp³-hybridized carbons (Fsp3) is 0.250. The van der Waals surface area contributed by atoms with E-state index in [0.717, 1.165) is 14.9 Å². The molecule has 0 spiro atoms. The van der Waals surface area contributed by atoms with E-state index in [9.17, 15) is 13.2 Å². The van der Waals surface area contributed by atoms with Crippen LogP contribution in [-0.4, -0.2) is 62.6 Å². The first-order valence-corrected chi connectivity index (χ1v) is 12.7. The van der Waals surface area contributed by atoms with Gasteiger partial charge in [-0.05, 0) is 50.5 Å². The molecule has 0 aliphatic heterocycles. The van der Waals surface area contributed by atoms with E-state index in [1.54, 1.807) is 34.7 Å². The third kappa shape index (κ3) is 5.04. The van der Waals surface area contributed by atoms with Crippen molar-refractivity contribution in [1.82, 2.24) is 14.9 Å². The first kappa shape index (κ1) is 23.6.